The van der Waals surface area contributed by atoms with Crippen LogP contribution in [0, 0.1) is 0 Å². The molecule has 7 heteroatoms. The quantitative estimate of drug-likeness (QED) is 0.559. The second kappa shape index (κ2) is 8.53. The fourth-order valence-electron chi connectivity index (χ4n) is 4.02. The van der Waals surface area contributed by atoms with Crippen molar-refractivity contribution < 1.29 is 17.3 Å². The summed E-state index contributed by atoms with van der Waals surface area (Å²) in [4.78, 5) is 6.01. The molecule has 6 nitrogen and oxygen atoms in total. The van der Waals surface area contributed by atoms with Crippen LogP contribution in [0.15, 0.2) is 65.6 Å². The number of H-pyrrole nitrogens is 1. The molecule has 1 saturated heterocycles. The molecule has 0 spiro atoms. The zero-order valence-electron chi connectivity index (χ0n) is 17.2. The van der Waals surface area contributed by atoms with E-state index in [0.29, 0.717) is 17.4 Å². The molecule has 1 aliphatic heterocycles. The van der Waals surface area contributed by atoms with Crippen LogP contribution in [-0.2, 0) is 10.1 Å². The number of para-hydroxylation sites is 1. The molecule has 1 N–H and O–H groups in total. The van der Waals surface area contributed by atoms with Crippen LogP contribution in [0.4, 0.5) is 0 Å². The number of nitrogens with one attached hydrogen (secondary N) is 1. The summed E-state index contributed by atoms with van der Waals surface area (Å²) >= 11 is 0. The second-order valence-electron chi connectivity index (χ2n) is 7.33. The standard InChI is InChI=1S/C23H26N2O4S/c1-3-25-15-7-10-22(25)21-13-12-20(24-21)19-16-18(11-14-23(19)28-2)30(26,27)29-17-8-5-4-6-9-17/h4-6,8-9,11-14,16,22,24H,3,7,10,15H2,1-2H3/t22-/m1/s1. The number of aromatic amines is 1. The number of aromatic nitrogens is 1. The highest BCUT2D eigenvalue weighted by Crippen LogP contribution is 2.36. The third-order valence-corrected chi connectivity index (χ3v) is 6.78. The van der Waals surface area contributed by atoms with E-state index >= 15 is 0 Å². The number of nitrogens with zero attached hydrogens (tertiary/aromatic N) is 1. The van der Waals surface area contributed by atoms with Gasteiger partial charge < -0.3 is 13.9 Å². The summed E-state index contributed by atoms with van der Waals surface area (Å²) in [5.74, 6) is 0.874. The Balaban J connectivity index is 1.67. The molecular weight excluding hydrogens is 400 g/mol. The summed E-state index contributed by atoms with van der Waals surface area (Å²) in [6.45, 7) is 4.28. The van der Waals surface area contributed by atoms with Gasteiger partial charge in [-0.25, -0.2) is 0 Å². The lowest BCUT2D eigenvalue weighted by molar-refractivity contribution is 0.268. The highest BCUT2D eigenvalue weighted by atomic mass is 32.2. The molecule has 1 fully saturated rings. The van der Waals surface area contributed by atoms with Crippen LogP contribution in [-0.4, -0.2) is 38.5 Å². The number of likely N-dealkylation sites (tertiary alicyclic amines) is 1. The molecule has 30 heavy (non-hydrogen) atoms. The maximum absolute atomic E-state index is 12.8. The first kappa shape index (κ1) is 20.5. The summed E-state index contributed by atoms with van der Waals surface area (Å²) < 4.78 is 36.4. The minimum absolute atomic E-state index is 0.0781. The van der Waals surface area contributed by atoms with Gasteiger partial charge in [0, 0.05) is 23.0 Å². The Kier molecular flexibility index (Phi) is 5.83. The lowest BCUT2D eigenvalue weighted by Crippen LogP contribution is -2.22. The molecule has 2 heterocycles. The van der Waals surface area contributed by atoms with E-state index in [1.165, 1.54) is 12.5 Å². The zero-order valence-corrected chi connectivity index (χ0v) is 18.0. The summed E-state index contributed by atoms with van der Waals surface area (Å²) in [6.07, 6.45) is 2.30. The monoisotopic (exact) mass is 426 g/mol. The van der Waals surface area contributed by atoms with Crippen LogP contribution < -0.4 is 8.92 Å². The van der Waals surface area contributed by atoms with E-state index in [4.69, 9.17) is 8.92 Å². The van der Waals surface area contributed by atoms with Crippen molar-refractivity contribution in [3.63, 3.8) is 0 Å². The summed E-state index contributed by atoms with van der Waals surface area (Å²) in [5, 5.41) is 0. The lowest BCUT2D eigenvalue weighted by Gasteiger charge is -2.21. The van der Waals surface area contributed by atoms with Crippen LogP contribution in [0.2, 0.25) is 0 Å². The topological polar surface area (TPSA) is 71.6 Å². The van der Waals surface area contributed by atoms with E-state index in [9.17, 15) is 8.42 Å². The van der Waals surface area contributed by atoms with Gasteiger partial charge in [0.25, 0.3) is 0 Å². The van der Waals surface area contributed by atoms with Crippen molar-refractivity contribution >= 4 is 10.1 Å². The third-order valence-electron chi connectivity index (χ3n) is 5.54. The van der Waals surface area contributed by atoms with Crippen LogP contribution in [0.25, 0.3) is 11.3 Å². The van der Waals surface area contributed by atoms with Gasteiger partial charge in [0.2, 0.25) is 0 Å². The molecule has 3 aromatic rings. The van der Waals surface area contributed by atoms with Crippen LogP contribution in [0.5, 0.6) is 11.5 Å². The molecule has 1 aromatic heterocycles. The Morgan fingerprint density at radius 3 is 2.63 bits per heavy atom. The van der Waals surface area contributed by atoms with E-state index in [1.54, 1.807) is 49.6 Å². The zero-order chi connectivity index (χ0) is 21.1. The fraction of sp³-hybridized carbons (Fsp3) is 0.304. The number of rotatable bonds is 7. The largest absolute Gasteiger partial charge is 0.496 e. The van der Waals surface area contributed by atoms with Gasteiger partial charge in [-0.1, -0.05) is 25.1 Å². The van der Waals surface area contributed by atoms with Gasteiger partial charge in [-0.05, 0) is 68.4 Å². The third kappa shape index (κ3) is 4.08. The number of benzene rings is 2. The molecule has 0 saturated carbocycles. The second-order valence-corrected chi connectivity index (χ2v) is 8.87. The fourth-order valence-corrected chi connectivity index (χ4v) is 4.98. The van der Waals surface area contributed by atoms with Crippen molar-refractivity contribution in [3.8, 4) is 22.8 Å². The average Bonchev–Trinajstić information content (AvgIpc) is 3.42. The molecule has 0 unspecified atom stereocenters. The maximum Gasteiger partial charge on any atom is 0.339 e. The van der Waals surface area contributed by atoms with Gasteiger partial charge in [-0.15, -0.1) is 0 Å². The minimum Gasteiger partial charge on any atom is -0.496 e. The Morgan fingerprint density at radius 2 is 1.90 bits per heavy atom. The Bertz CT molecular complexity index is 1110. The van der Waals surface area contributed by atoms with Crippen LogP contribution >= 0.6 is 0 Å². The van der Waals surface area contributed by atoms with Crippen molar-refractivity contribution in [2.75, 3.05) is 20.2 Å². The van der Waals surface area contributed by atoms with E-state index in [0.717, 1.165) is 30.9 Å². The molecule has 0 amide bonds. The summed E-state index contributed by atoms with van der Waals surface area (Å²) in [5.41, 5.74) is 2.64. The molecule has 158 valence electrons. The van der Waals surface area contributed by atoms with Gasteiger partial charge in [0.1, 0.15) is 16.4 Å². The highest BCUT2D eigenvalue weighted by molar-refractivity contribution is 7.87. The molecule has 2 aromatic carbocycles. The van der Waals surface area contributed by atoms with Crippen molar-refractivity contribution in [2.45, 2.75) is 30.7 Å². The molecule has 1 atom stereocenters. The van der Waals surface area contributed by atoms with Crippen molar-refractivity contribution in [3.05, 3.63) is 66.4 Å². The smallest absolute Gasteiger partial charge is 0.339 e. The van der Waals surface area contributed by atoms with Gasteiger partial charge >= 0.3 is 10.1 Å². The number of hydrogen-bond donors (Lipinski definition) is 1. The van der Waals surface area contributed by atoms with Crippen LogP contribution in [0.3, 0.4) is 0 Å². The van der Waals surface area contributed by atoms with Gasteiger partial charge in [-0.2, -0.15) is 8.42 Å². The van der Waals surface area contributed by atoms with Crippen molar-refractivity contribution in [1.29, 1.82) is 0 Å². The molecule has 0 radical (unpaired) electrons. The first-order chi connectivity index (χ1) is 14.5. The van der Waals surface area contributed by atoms with E-state index in [2.05, 4.69) is 22.9 Å². The molecule has 0 aliphatic carbocycles. The van der Waals surface area contributed by atoms with Crippen molar-refractivity contribution in [2.24, 2.45) is 0 Å². The van der Waals surface area contributed by atoms with E-state index in [-0.39, 0.29) is 10.6 Å². The molecular formula is C23H26N2O4S. The number of hydrogen-bond acceptors (Lipinski definition) is 5. The van der Waals surface area contributed by atoms with E-state index < -0.39 is 10.1 Å². The lowest BCUT2D eigenvalue weighted by atomic mass is 10.1. The predicted octanol–water partition coefficient (Wildman–Crippen LogP) is 4.61. The Hall–Kier alpha value is -2.77. The van der Waals surface area contributed by atoms with E-state index in [1.807, 2.05) is 6.07 Å². The molecule has 1 aliphatic rings. The summed E-state index contributed by atoms with van der Waals surface area (Å²) in [7, 11) is -2.39. The Labute approximate surface area is 177 Å². The minimum atomic E-state index is -3.97. The highest BCUT2D eigenvalue weighted by Gasteiger charge is 2.26. The first-order valence-corrected chi connectivity index (χ1v) is 11.5. The normalized spacial score (nSPS) is 17.2. The summed E-state index contributed by atoms with van der Waals surface area (Å²) in [6, 6.07) is 17.7. The average molecular weight is 427 g/mol. The Morgan fingerprint density at radius 1 is 1.10 bits per heavy atom. The molecule has 4 rings (SSSR count). The number of ether oxygens (including phenoxy) is 1. The molecule has 0 bridgehead atoms. The first-order valence-electron chi connectivity index (χ1n) is 10.1. The van der Waals surface area contributed by atoms with Gasteiger partial charge in [0.15, 0.2) is 0 Å². The van der Waals surface area contributed by atoms with Crippen molar-refractivity contribution in [1.82, 2.24) is 9.88 Å². The maximum atomic E-state index is 12.8. The van der Waals surface area contributed by atoms with Crippen LogP contribution in [0.1, 0.15) is 31.5 Å². The number of methoxy groups -OCH3 is 1. The van der Waals surface area contributed by atoms with Gasteiger partial charge in [0.05, 0.1) is 7.11 Å². The van der Waals surface area contributed by atoms with Gasteiger partial charge in [-0.3, -0.25) is 4.90 Å². The predicted molar refractivity (Wildman–Crippen MR) is 116 cm³/mol. The SMILES string of the molecule is CCN1CCC[C@@H]1c1ccc(-c2cc(S(=O)(=O)Oc3ccccc3)ccc2OC)[nH]1.